The third kappa shape index (κ3) is 3.89. The van der Waals surface area contributed by atoms with E-state index in [2.05, 4.69) is 16.1 Å². The molecular formula is C24H23N3O3. The molecule has 4 aromatic rings. The van der Waals surface area contributed by atoms with Gasteiger partial charge in [0.2, 0.25) is 0 Å². The molecule has 0 bridgehead atoms. The zero-order chi connectivity index (χ0) is 21.1. The number of ether oxygens (including phenoxy) is 2. The number of hydrogen-bond acceptors (Lipinski definition) is 5. The standard InChI is InChI=1S/C24H23N3O3/c1-4-30-24(28)19-7-5-6-18(12-19)20-13-22-16(2)26-27(23(22)25-14-20)15-17-8-10-21(29-3)11-9-17/h5-14H,4,15H2,1-3H3. The van der Waals surface area contributed by atoms with Crippen LogP contribution in [0.5, 0.6) is 5.75 Å². The van der Waals surface area contributed by atoms with Gasteiger partial charge in [0.25, 0.3) is 0 Å². The summed E-state index contributed by atoms with van der Waals surface area (Å²) in [4.78, 5) is 16.7. The molecule has 2 aromatic heterocycles. The van der Waals surface area contributed by atoms with Gasteiger partial charge in [-0.25, -0.2) is 14.5 Å². The van der Waals surface area contributed by atoms with Gasteiger partial charge in [-0.3, -0.25) is 0 Å². The quantitative estimate of drug-likeness (QED) is 0.440. The fourth-order valence-corrected chi connectivity index (χ4v) is 3.42. The number of methoxy groups -OCH3 is 1. The van der Waals surface area contributed by atoms with Crippen LogP contribution in [0.3, 0.4) is 0 Å². The number of aryl methyl sites for hydroxylation is 1. The summed E-state index contributed by atoms with van der Waals surface area (Å²) < 4.78 is 12.2. The predicted molar refractivity (Wildman–Crippen MR) is 116 cm³/mol. The third-order valence-electron chi connectivity index (χ3n) is 4.97. The van der Waals surface area contributed by atoms with Gasteiger partial charge in [0.1, 0.15) is 5.75 Å². The van der Waals surface area contributed by atoms with Crippen molar-refractivity contribution >= 4 is 17.0 Å². The Morgan fingerprint density at radius 2 is 1.87 bits per heavy atom. The summed E-state index contributed by atoms with van der Waals surface area (Å²) in [5.74, 6) is 0.505. The Bertz CT molecular complexity index is 1200. The summed E-state index contributed by atoms with van der Waals surface area (Å²) in [6.07, 6.45) is 1.82. The van der Waals surface area contributed by atoms with Crippen molar-refractivity contribution in [1.29, 1.82) is 0 Å². The Morgan fingerprint density at radius 3 is 2.60 bits per heavy atom. The summed E-state index contributed by atoms with van der Waals surface area (Å²) in [7, 11) is 1.66. The molecule has 0 atom stereocenters. The fourth-order valence-electron chi connectivity index (χ4n) is 3.42. The first-order chi connectivity index (χ1) is 14.6. The van der Waals surface area contributed by atoms with Gasteiger partial charge in [-0.05, 0) is 55.3 Å². The number of fused-ring (bicyclic) bond motifs is 1. The Kier molecular flexibility index (Phi) is 5.48. The van der Waals surface area contributed by atoms with Crippen molar-refractivity contribution in [2.75, 3.05) is 13.7 Å². The first kappa shape index (κ1) is 19.6. The van der Waals surface area contributed by atoms with E-state index in [1.54, 1.807) is 20.1 Å². The molecular weight excluding hydrogens is 378 g/mol. The summed E-state index contributed by atoms with van der Waals surface area (Å²) in [6, 6.07) is 17.4. The van der Waals surface area contributed by atoms with Gasteiger partial charge in [0.05, 0.1) is 31.5 Å². The van der Waals surface area contributed by atoms with E-state index in [9.17, 15) is 4.79 Å². The van der Waals surface area contributed by atoms with Crippen LogP contribution in [-0.2, 0) is 11.3 Å². The van der Waals surface area contributed by atoms with Crippen LogP contribution in [0.4, 0.5) is 0 Å². The lowest BCUT2D eigenvalue weighted by Gasteiger charge is -2.07. The zero-order valence-electron chi connectivity index (χ0n) is 17.3. The van der Waals surface area contributed by atoms with Crippen molar-refractivity contribution in [3.05, 3.63) is 77.6 Å². The average Bonchev–Trinajstić information content (AvgIpc) is 3.09. The topological polar surface area (TPSA) is 66.2 Å². The normalized spacial score (nSPS) is 10.9. The van der Waals surface area contributed by atoms with Crippen molar-refractivity contribution in [1.82, 2.24) is 14.8 Å². The molecule has 2 aromatic carbocycles. The molecule has 0 radical (unpaired) electrons. The van der Waals surface area contributed by atoms with Crippen LogP contribution < -0.4 is 4.74 Å². The summed E-state index contributed by atoms with van der Waals surface area (Å²) >= 11 is 0. The molecule has 0 aliphatic carbocycles. The number of hydrogen-bond donors (Lipinski definition) is 0. The third-order valence-corrected chi connectivity index (χ3v) is 4.97. The van der Waals surface area contributed by atoms with E-state index in [0.29, 0.717) is 18.7 Å². The molecule has 30 heavy (non-hydrogen) atoms. The minimum Gasteiger partial charge on any atom is -0.497 e. The van der Waals surface area contributed by atoms with Gasteiger partial charge < -0.3 is 9.47 Å². The molecule has 0 saturated carbocycles. The fraction of sp³-hybridized carbons (Fsp3) is 0.208. The van der Waals surface area contributed by atoms with E-state index < -0.39 is 0 Å². The number of aromatic nitrogens is 3. The lowest BCUT2D eigenvalue weighted by atomic mass is 10.0. The van der Waals surface area contributed by atoms with E-state index in [-0.39, 0.29) is 5.97 Å². The molecule has 0 N–H and O–H groups in total. The molecule has 0 amide bonds. The van der Waals surface area contributed by atoms with E-state index in [4.69, 9.17) is 9.47 Å². The molecule has 6 heteroatoms. The minimum atomic E-state index is -0.322. The van der Waals surface area contributed by atoms with Gasteiger partial charge in [0, 0.05) is 17.1 Å². The number of nitrogens with zero attached hydrogens (tertiary/aromatic N) is 3. The number of carbonyl (C=O) groups is 1. The lowest BCUT2D eigenvalue weighted by molar-refractivity contribution is 0.0526. The van der Waals surface area contributed by atoms with Gasteiger partial charge in [-0.2, -0.15) is 5.10 Å². The number of benzene rings is 2. The largest absolute Gasteiger partial charge is 0.497 e. The van der Waals surface area contributed by atoms with Gasteiger partial charge in [-0.1, -0.05) is 24.3 Å². The Balaban J connectivity index is 1.66. The number of esters is 1. The predicted octanol–water partition coefficient (Wildman–Crippen LogP) is 4.64. The molecule has 152 valence electrons. The smallest absolute Gasteiger partial charge is 0.338 e. The number of pyridine rings is 1. The van der Waals surface area contributed by atoms with Crippen LogP contribution in [0.25, 0.3) is 22.2 Å². The molecule has 6 nitrogen and oxygen atoms in total. The van der Waals surface area contributed by atoms with E-state index in [0.717, 1.165) is 39.2 Å². The van der Waals surface area contributed by atoms with Gasteiger partial charge in [0.15, 0.2) is 5.65 Å². The molecule has 0 fully saturated rings. The van der Waals surface area contributed by atoms with E-state index in [1.807, 2.05) is 60.3 Å². The van der Waals surface area contributed by atoms with Crippen molar-refractivity contribution in [3.63, 3.8) is 0 Å². The minimum absolute atomic E-state index is 0.322. The zero-order valence-corrected chi connectivity index (χ0v) is 17.3. The monoisotopic (exact) mass is 401 g/mol. The average molecular weight is 401 g/mol. The number of carbonyl (C=O) groups excluding carboxylic acids is 1. The van der Waals surface area contributed by atoms with Gasteiger partial charge >= 0.3 is 5.97 Å². The SMILES string of the molecule is CCOC(=O)c1cccc(-c2cnc3c(c2)c(C)nn3Cc2ccc(OC)cc2)c1. The maximum absolute atomic E-state index is 12.1. The molecule has 0 unspecified atom stereocenters. The van der Waals surface area contributed by atoms with E-state index >= 15 is 0 Å². The molecule has 4 rings (SSSR count). The Hall–Kier alpha value is -3.67. The van der Waals surface area contributed by atoms with E-state index in [1.165, 1.54) is 0 Å². The summed E-state index contributed by atoms with van der Waals surface area (Å²) in [5.41, 5.74) is 5.23. The van der Waals surface area contributed by atoms with Crippen LogP contribution in [0.2, 0.25) is 0 Å². The number of rotatable bonds is 6. The highest BCUT2D eigenvalue weighted by molar-refractivity contribution is 5.91. The van der Waals surface area contributed by atoms with Crippen molar-refractivity contribution in [3.8, 4) is 16.9 Å². The highest BCUT2D eigenvalue weighted by Gasteiger charge is 2.13. The summed E-state index contributed by atoms with van der Waals surface area (Å²) in [6.45, 7) is 4.75. The maximum atomic E-state index is 12.1. The van der Waals surface area contributed by atoms with Gasteiger partial charge in [-0.15, -0.1) is 0 Å². The maximum Gasteiger partial charge on any atom is 0.338 e. The molecule has 2 heterocycles. The van der Waals surface area contributed by atoms with Crippen LogP contribution >= 0.6 is 0 Å². The molecule has 0 spiro atoms. The second-order valence-corrected chi connectivity index (χ2v) is 6.99. The van der Waals surface area contributed by atoms with Crippen LogP contribution in [0.15, 0.2) is 60.8 Å². The van der Waals surface area contributed by atoms with Crippen LogP contribution in [0.1, 0.15) is 28.5 Å². The Morgan fingerprint density at radius 1 is 1.07 bits per heavy atom. The highest BCUT2D eigenvalue weighted by atomic mass is 16.5. The van der Waals surface area contributed by atoms with Crippen LogP contribution in [-0.4, -0.2) is 34.5 Å². The van der Waals surface area contributed by atoms with Crippen LogP contribution in [0, 0.1) is 6.92 Å². The molecule has 0 saturated heterocycles. The summed E-state index contributed by atoms with van der Waals surface area (Å²) in [5, 5.41) is 5.67. The molecule has 0 aliphatic heterocycles. The first-order valence-electron chi connectivity index (χ1n) is 9.82. The van der Waals surface area contributed by atoms with Crippen molar-refractivity contribution in [2.45, 2.75) is 20.4 Å². The second-order valence-electron chi connectivity index (χ2n) is 6.99. The van der Waals surface area contributed by atoms with Crippen molar-refractivity contribution in [2.24, 2.45) is 0 Å². The Labute approximate surface area is 175 Å². The van der Waals surface area contributed by atoms with Crippen molar-refractivity contribution < 1.29 is 14.3 Å². The lowest BCUT2D eigenvalue weighted by Crippen LogP contribution is -2.04. The first-order valence-corrected chi connectivity index (χ1v) is 9.82. The molecule has 0 aliphatic rings. The second kappa shape index (κ2) is 8.37. The highest BCUT2D eigenvalue weighted by Crippen LogP contribution is 2.26.